The van der Waals surface area contributed by atoms with E-state index < -0.39 is 11.6 Å². The first-order chi connectivity index (χ1) is 11.2. The van der Waals surface area contributed by atoms with E-state index in [1.54, 1.807) is 48.5 Å². The molecule has 1 aliphatic carbocycles. The van der Waals surface area contributed by atoms with Gasteiger partial charge in [-0.2, -0.15) is 0 Å². The number of hydrogen-bond donors (Lipinski definition) is 0. The lowest BCUT2D eigenvalue weighted by Crippen LogP contribution is -2.14. The fraction of sp³-hybridized carbons (Fsp3) is 0.250. The van der Waals surface area contributed by atoms with Crippen LogP contribution in [0.3, 0.4) is 0 Å². The van der Waals surface area contributed by atoms with E-state index in [2.05, 4.69) is 0 Å². The highest BCUT2D eigenvalue weighted by Gasteiger charge is 2.17. The van der Waals surface area contributed by atoms with Gasteiger partial charge in [-0.3, -0.25) is 14.4 Å². The predicted octanol–water partition coefficient (Wildman–Crippen LogP) is 4.27. The summed E-state index contributed by atoms with van der Waals surface area (Å²) in [5.41, 5.74) is 0.854. The Labute approximate surface area is 136 Å². The minimum Gasteiger partial charge on any atom is -0.300 e. The van der Waals surface area contributed by atoms with Crippen LogP contribution in [0.2, 0.25) is 0 Å². The molecule has 0 unspecified atom stereocenters. The average molecular weight is 308 g/mol. The lowest BCUT2D eigenvalue weighted by atomic mass is 10.00. The SMILES string of the molecule is O=C(C(=O)c1ccccc1)c1ccccc1.O=C1CCCCC1. The van der Waals surface area contributed by atoms with Crippen LogP contribution in [0.5, 0.6) is 0 Å². The first-order valence-electron chi connectivity index (χ1n) is 7.89. The van der Waals surface area contributed by atoms with Gasteiger partial charge in [-0.1, -0.05) is 67.1 Å². The molecule has 0 aliphatic heterocycles. The highest BCUT2D eigenvalue weighted by atomic mass is 16.2. The molecule has 1 fully saturated rings. The average Bonchev–Trinajstić information content (AvgIpc) is 2.63. The highest BCUT2D eigenvalue weighted by molar-refractivity contribution is 6.49. The van der Waals surface area contributed by atoms with E-state index in [-0.39, 0.29) is 0 Å². The van der Waals surface area contributed by atoms with Crippen molar-refractivity contribution in [1.29, 1.82) is 0 Å². The number of Topliss-reactive ketones (excluding diaryl/α,β-unsaturated/α-hetero) is 3. The minimum absolute atomic E-state index is 0.427. The number of rotatable bonds is 3. The molecule has 0 atom stereocenters. The highest BCUT2D eigenvalue weighted by Crippen LogP contribution is 2.12. The van der Waals surface area contributed by atoms with Crippen molar-refractivity contribution in [3.8, 4) is 0 Å². The summed E-state index contributed by atoms with van der Waals surface area (Å²) in [5.74, 6) is -0.468. The number of benzene rings is 2. The molecule has 0 amide bonds. The Bertz CT molecular complexity index is 602. The van der Waals surface area contributed by atoms with Crippen LogP contribution >= 0.6 is 0 Å². The number of hydrogen-bond acceptors (Lipinski definition) is 3. The fourth-order valence-electron chi connectivity index (χ4n) is 2.39. The Hall–Kier alpha value is -2.55. The summed E-state index contributed by atoms with van der Waals surface area (Å²) in [5, 5.41) is 0. The van der Waals surface area contributed by atoms with Gasteiger partial charge >= 0.3 is 0 Å². The third-order valence-electron chi connectivity index (χ3n) is 3.69. The zero-order chi connectivity index (χ0) is 16.5. The molecule has 2 aromatic rings. The van der Waals surface area contributed by atoms with E-state index in [4.69, 9.17) is 0 Å². The van der Waals surface area contributed by atoms with Crippen LogP contribution in [0.15, 0.2) is 60.7 Å². The summed E-state index contributed by atoms with van der Waals surface area (Å²) < 4.78 is 0. The first kappa shape index (κ1) is 16.8. The third-order valence-corrected chi connectivity index (χ3v) is 3.69. The van der Waals surface area contributed by atoms with Gasteiger partial charge in [0.15, 0.2) is 0 Å². The summed E-state index contributed by atoms with van der Waals surface area (Å²) in [6.07, 6.45) is 5.24. The summed E-state index contributed by atoms with van der Waals surface area (Å²) in [7, 11) is 0. The molecule has 1 saturated carbocycles. The Morgan fingerprint density at radius 1 is 0.609 bits per heavy atom. The molecule has 3 heteroatoms. The van der Waals surface area contributed by atoms with E-state index >= 15 is 0 Å². The van der Waals surface area contributed by atoms with E-state index in [1.165, 1.54) is 6.42 Å². The molecule has 0 saturated heterocycles. The fourth-order valence-corrected chi connectivity index (χ4v) is 2.39. The number of carbonyl (C=O) groups excluding carboxylic acids is 3. The van der Waals surface area contributed by atoms with Gasteiger partial charge in [-0.15, -0.1) is 0 Å². The van der Waals surface area contributed by atoms with Crippen LogP contribution in [0.4, 0.5) is 0 Å². The summed E-state index contributed by atoms with van der Waals surface area (Å²) >= 11 is 0. The first-order valence-corrected chi connectivity index (χ1v) is 7.89. The van der Waals surface area contributed by atoms with Crippen LogP contribution in [0.1, 0.15) is 52.8 Å². The van der Waals surface area contributed by atoms with Crippen LogP contribution in [-0.4, -0.2) is 17.3 Å². The van der Waals surface area contributed by atoms with Gasteiger partial charge in [0.1, 0.15) is 5.78 Å². The van der Waals surface area contributed by atoms with Crippen molar-refractivity contribution in [3.63, 3.8) is 0 Å². The molecule has 118 valence electrons. The maximum Gasteiger partial charge on any atom is 0.233 e. The van der Waals surface area contributed by atoms with Crippen LogP contribution in [0.25, 0.3) is 0 Å². The monoisotopic (exact) mass is 308 g/mol. The van der Waals surface area contributed by atoms with Gasteiger partial charge in [0.2, 0.25) is 11.6 Å². The topological polar surface area (TPSA) is 51.2 Å². The molecular weight excluding hydrogens is 288 g/mol. The van der Waals surface area contributed by atoms with E-state index in [9.17, 15) is 14.4 Å². The molecule has 3 nitrogen and oxygen atoms in total. The van der Waals surface area contributed by atoms with Gasteiger partial charge < -0.3 is 0 Å². The molecule has 0 N–H and O–H groups in total. The minimum atomic E-state index is -0.466. The molecule has 0 heterocycles. The molecule has 2 aromatic carbocycles. The van der Waals surface area contributed by atoms with Gasteiger partial charge in [-0.25, -0.2) is 0 Å². The maximum atomic E-state index is 11.8. The molecular formula is C20H20O3. The van der Waals surface area contributed by atoms with Crippen LogP contribution in [0, 0.1) is 0 Å². The molecule has 0 aromatic heterocycles. The Morgan fingerprint density at radius 3 is 1.30 bits per heavy atom. The second kappa shape index (κ2) is 8.79. The van der Waals surface area contributed by atoms with Crippen LogP contribution in [-0.2, 0) is 4.79 Å². The van der Waals surface area contributed by atoms with Gasteiger partial charge in [0.05, 0.1) is 0 Å². The second-order valence-electron chi connectivity index (χ2n) is 5.49. The van der Waals surface area contributed by atoms with Crippen LogP contribution < -0.4 is 0 Å². The lowest BCUT2D eigenvalue weighted by molar-refractivity contribution is -0.120. The molecule has 0 radical (unpaired) electrons. The third kappa shape index (κ3) is 5.29. The molecule has 0 spiro atoms. The largest absolute Gasteiger partial charge is 0.300 e. The molecule has 0 bridgehead atoms. The van der Waals surface area contributed by atoms with E-state index in [0.717, 1.165) is 25.7 Å². The molecule has 23 heavy (non-hydrogen) atoms. The lowest BCUT2D eigenvalue weighted by Gasteiger charge is -2.05. The van der Waals surface area contributed by atoms with Gasteiger partial charge in [-0.05, 0) is 12.8 Å². The quantitative estimate of drug-likeness (QED) is 0.628. The van der Waals surface area contributed by atoms with Gasteiger partial charge in [0.25, 0.3) is 0 Å². The normalized spacial score (nSPS) is 13.7. The van der Waals surface area contributed by atoms with Gasteiger partial charge in [0, 0.05) is 24.0 Å². The van der Waals surface area contributed by atoms with Crippen molar-refractivity contribution in [2.75, 3.05) is 0 Å². The Morgan fingerprint density at radius 2 is 1.00 bits per heavy atom. The summed E-state index contributed by atoms with van der Waals surface area (Å²) in [6, 6.07) is 17.2. The van der Waals surface area contributed by atoms with Crippen molar-refractivity contribution >= 4 is 17.3 Å². The van der Waals surface area contributed by atoms with Crippen molar-refractivity contribution in [2.24, 2.45) is 0 Å². The maximum absolute atomic E-state index is 11.8. The summed E-state index contributed by atoms with van der Waals surface area (Å²) in [6.45, 7) is 0. The second-order valence-corrected chi connectivity index (χ2v) is 5.49. The smallest absolute Gasteiger partial charge is 0.233 e. The van der Waals surface area contributed by atoms with E-state index in [0.29, 0.717) is 16.9 Å². The van der Waals surface area contributed by atoms with Crippen molar-refractivity contribution in [1.82, 2.24) is 0 Å². The number of carbonyl (C=O) groups is 3. The predicted molar refractivity (Wildman–Crippen MR) is 89.6 cm³/mol. The van der Waals surface area contributed by atoms with Crippen molar-refractivity contribution in [2.45, 2.75) is 32.1 Å². The number of ketones is 3. The standard InChI is InChI=1S/C14H10O2.C6H10O/c15-13(11-7-3-1-4-8-11)14(16)12-9-5-2-6-10-12;7-6-4-2-1-3-5-6/h1-10H;1-5H2. The molecule has 3 rings (SSSR count). The zero-order valence-corrected chi connectivity index (χ0v) is 13.0. The zero-order valence-electron chi connectivity index (χ0n) is 13.0. The summed E-state index contributed by atoms with van der Waals surface area (Å²) in [4.78, 5) is 34.1. The van der Waals surface area contributed by atoms with Crippen molar-refractivity contribution in [3.05, 3.63) is 71.8 Å². The van der Waals surface area contributed by atoms with E-state index in [1.807, 2.05) is 12.1 Å². The molecule has 1 aliphatic rings. The Balaban J connectivity index is 0.000000229. The van der Waals surface area contributed by atoms with Crippen molar-refractivity contribution < 1.29 is 14.4 Å². The Kier molecular flexibility index (Phi) is 6.42.